The number of fused-ring (bicyclic) bond motifs is 1. The molecule has 0 radical (unpaired) electrons. The standard InChI is InChI=1S/C15H20N2O2/c18-15(19)12-4-2-8-17(10-12)14-5-1-3-11-9-16-7-6-13(11)14/h1,3,5,12,16H,2,4,6-10H2,(H,18,19). The van der Waals surface area contributed by atoms with Crippen LogP contribution in [-0.4, -0.2) is 30.7 Å². The lowest BCUT2D eigenvalue weighted by atomic mass is 9.94. The Balaban J connectivity index is 1.87. The van der Waals surface area contributed by atoms with Crippen LogP contribution in [0.3, 0.4) is 0 Å². The predicted octanol–water partition coefficient (Wildman–Crippen LogP) is 1.63. The number of carboxylic acid groups (broad SMARTS) is 1. The van der Waals surface area contributed by atoms with Crippen LogP contribution in [0.4, 0.5) is 5.69 Å². The van der Waals surface area contributed by atoms with E-state index in [1.54, 1.807) is 0 Å². The zero-order valence-electron chi connectivity index (χ0n) is 11.1. The lowest BCUT2D eigenvalue weighted by Crippen LogP contribution is -2.39. The maximum atomic E-state index is 11.2. The number of anilines is 1. The summed E-state index contributed by atoms with van der Waals surface area (Å²) in [6.07, 6.45) is 2.82. The number of rotatable bonds is 2. The third-order valence-electron chi connectivity index (χ3n) is 4.23. The first-order chi connectivity index (χ1) is 9.25. The highest BCUT2D eigenvalue weighted by atomic mass is 16.4. The number of nitrogens with one attached hydrogen (secondary N) is 1. The number of hydrogen-bond acceptors (Lipinski definition) is 3. The molecule has 0 bridgehead atoms. The molecule has 102 valence electrons. The van der Waals surface area contributed by atoms with E-state index in [1.165, 1.54) is 16.8 Å². The maximum absolute atomic E-state index is 11.2. The summed E-state index contributed by atoms with van der Waals surface area (Å²) in [5.74, 6) is -0.873. The molecule has 1 unspecified atom stereocenters. The van der Waals surface area contributed by atoms with Crippen molar-refractivity contribution >= 4 is 11.7 Å². The van der Waals surface area contributed by atoms with Gasteiger partial charge in [0.15, 0.2) is 0 Å². The molecule has 1 aromatic rings. The maximum Gasteiger partial charge on any atom is 0.308 e. The van der Waals surface area contributed by atoms with Gasteiger partial charge >= 0.3 is 5.97 Å². The van der Waals surface area contributed by atoms with Gasteiger partial charge in [0.1, 0.15) is 0 Å². The van der Waals surface area contributed by atoms with Crippen LogP contribution in [-0.2, 0) is 17.8 Å². The van der Waals surface area contributed by atoms with E-state index in [9.17, 15) is 9.90 Å². The van der Waals surface area contributed by atoms with Gasteiger partial charge < -0.3 is 15.3 Å². The van der Waals surface area contributed by atoms with Crippen LogP contribution in [0.1, 0.15) is 24.0 Å². The van der Waals surface area contributed by atoms with E-state index in [2.05, 4.69) is 28.4 Å². The summed E-state index contributed by atoms with van der Waals surface area (Å²) in [5, 5.41) is 12.6. The quantitative estimate of drug-likeness (QED) is 0.848. The molecule has 0 saturated carbocycles. The van der Waals surface area contributed by atoms with E-state index in [-0.39, 0.29) is 5.92 Å². The first kappa shape index (κ1) is 12.5. The summed E-state index contributed by atoms with van der Waals surface area (Å²) in [6.45, 7) is 3.58. The van der Waals surface area contributed by atoms with E-state index in [0.29, 0.717) is 6.54 Å². The molecule has 0 aromatic heterocycles. The third-order valence-corrected chi connectivity index (χ3v) is 4.23. The molecule has 19 heavy (non-hydrogen) atoms. The zero-order chi connectivity index (χ0) is 13.2. The average Bonchev–Trinajstić information content (AvgIpc) is 2.47. The van der Waals surface area contributed by atoms with Gasteiger partial charge in [0.25, 0.3) is 0 Å². The first-order valence-electron chi connectivity index (χ1n) is 7.05. The van der Waals surface area contributed by atoms with Crippen LogP contribution in [0.15, 0.2) is 18.2 Å². The van der Waals surface area contributed by atoms with Gasteiger partial charge in [0.2, 0.25) is 0 Å². The van der Waals surface area contributed by atoms with Gasteiger partial charge in [-0.3, -0.25) is 4.79 Å². The molecule has 1 atom stereocenters. The summed E-state index contributed by atoms with van der Waals surface area (Å²) in [6, 6.07) is 6.41. The van der Waals surface area contributed by atoms with Crippen molar-refractivity contribution < 1.29 is 9.90 Å². The van der Waals surface area contributed by atoms with Gasteiger partial charge in [0, 0.05) is 25.3 Å². The van der Waals surface area contributed by atoms with E-state index in [4.69, 9.17) is 0 Å². The van der Waals surface area contributed by atoms with Crippen molar-refractivity contribution in [1.82, 2.24) is 5.32 Å². The Hall–Kier alpha value is -1.55. The number of nitrogens with zero attached hydrogens (tertiary/aromatic N) is 1. The molecule has 2 heterocycles. The number of benzene rings is 1. The van der Waals surface area contributed by atoms with Gasteiger partial charge in [0.05, 0.1) is 5.92 Å². The number of hydrogen-bond donors (Lipinski definition) is 2. The molecule has 2 aliphatic heterocycles. The van der Waals surface area contributed by atoms with E-state index in [0.717, 1.165) is 38.9 Å². The van der Waals surface area contributed by atoms with Crippen molar-refractivity contribution in [3.05, 3.63) is 29.3 Å². The Morgan fingerprint density at radius 2 is 2.32 bits per heavy atom. The van der Waals surface area contributed by atoms with Gasteiger partial charge in [-0.15, -0.1) is 0 Å². The Labute approximate surface area is 113 Å². The SMILES string of the molecule is O=C(O)C1CCCN(c2cccc3c2CCNC3)C1. The van der Waals surface area contributed by atoms with Crippen molar-refractivity contribution in [2.75, 3.05) is 24.5 Å². The van der Waals surface area contributed by atoms with Crippen LogP contribution in [0.2, 0.25) is 0 Å². The van der Waals surface area contributed by atoms with E-state index in [1.807, 2.05) is 0 Å². The Morgan fingerprint density at radius 1 is 1.42 bits per heavy atom. The highest BCUT2D eigenvalue weighted by molar-refractivity contribution is 5.71. The van der Waals surface area contributed by atoms with Crippen LogP contribution < -0.4 is 10.2 Å². The normalized spacial score (nSPS) is 22.9. The van der Waals surface area contributed by atoms with Crippen molar-refractivity contribution in [1.29, 1.82) is 0 Å². The average molecular weight is 260 g/mol. The lowest BCUT2D eigenvalue weighted by molar-refractivity contribution is -0.141. The summed E-state index contributed by atoms with van der Waals surface area (Å²) in [4.78, 5) is 13.5. The fourth-order valence-corrected chi connectivity index (χ4v) is 3.21. The van der Waals surface area contributed by atoms with Crippen LogP contribution in [0.5, 0.6) is 0 Å². The zero-order valence-corrected chi connectivity index (χ0v) is 11.1. The van der Waals surface area contributed by atoms with E-state index < -0.39 is 5.97 Å². The van der Waals surface area contributed by atoms with Crippen molar-refractivity contribution in [3.63, 3.8) is 0 Å². The van der Waals surface area contributed by atoms with Crippen molar-refractivity contribution in [2.24, 2.45) is 5.92 Å². The van der Waals surface area contributed by atoms with E-state index >= 15 is 0 Å². The molecule has 2 N–H and O–H groups in total. The fourth-order valence-electron chi connectivity index (χ4n) is 3.21. The van der Waals surface area contributed by atoms with Crippen LogP contribution in [0, 0.1) is 5.92 Å². The topological polar surface area (TPSA) is 52.6 Å². The highest BCUT2D eigenvalue weighted by Gasteiger charge is 2.27. The fraction of sp³-hybridized carbons (Fsp3) is 0.533. The van der Waals surface area contributed by atoms with Crippen LogP contribution >= 0.6 is 0 Å². The minimum absolute atomic E-state index is 0.216. The van der Waals surface area contributed by atoms with Crippen LogP contribution in [0.25, 0.3) is 0 Å². The molecule has 4 nitrogen and oxygen atoms in total. The minimum Gasteiger partial charge on any atom is -0.481 e. The van der Waals surface area contributed by atoms with Gasteiger partial charge in [-0.05, 0) is 43.0 Å². The number of carbonyl (C=O) groups is 1. The second-order valence-electron chi connectivity index (χ2n) is 5.46. The molecule has 2 aliphatic rings. The number of piperidine rings is 1. The molecular formula is C15H20N2O2. The highest BCUT2D eigenvalue weighted by Crippen LogP contribution is 2.30. The predicted molar refractivity (Wildman–Crippen MR) is 74.4 cm³/mol. The molecule has 0 aliphatic carbocycles. The molecule has 0 amide bonds. The molecule has 1 fully saturated rings. The third kappa shape index (κ3) is 2.45. The van der Waals surface area contributed by atoms with Gasteiger partial charge in [-0.1, -0.05) is 12.1 Å². The largest absolute Gasteiger partial charge is 0.481 e. The first-order valence-corrected chi connectivity index (χ1v) is 7.05. The Morgan fingerprint density at radius 3 is 3.16 bits per heavy atom. The molecule has 3 rings (SSSR count). The monoisotopic (exact) mass is 260 g/mol. The molecule has 1 aromatic carbocycles. The smallest absolute Gasteiger partial charge is 0.308 e. The molecule has 4 heteroatoms. The number of carboxylic acids is 1. The van der Waals surface area contributed by atoms with Crippen molar-refractivity contribution in [3.8, 4) is 0 Å². The summed E-state index contributed by atoms with van der Waals surface area (Å²) in [7, 11) is 0. The summed E-state index contributed by atoms with van der Waals surface area (Å²) < 4.78 is 0. The molecule has 0 spiro atoms. The summed E-state index contributed by atoms with van der Waals surface area (Å²) >= 11 is 0. The Bertz CT molecular complexity index is 487. The molecule has 1 saturated heterocycles. The lowest BCUT2D eigenvalue weighted by Gasteiger charge is -2.35. The second kappa shape index (κ2) is 5.21. The van der Waals surface area contributed by atoms with Gasteiger partial charge in [-0.25, -0.2) is 0 Å². The van der Waals surface area contributed by atoms with Crippen molar-refractivity contribution in [2.45, 2.75) is 25.8 Å². The molecular weight excluding hydrogens is 240 g/mol. The number of aliphatic carboxylic acids is 1. The van der Waals surface area contributed by atoms with Gasteiger partial charge in [-0.2, -0.15) is 0 Å². The minimum atomic E-state index is -0.656. The second-order valence-corrected chi connectivity index (χ2v) is 5.46. The summed E-state index contributed by atoms with van der Waals surface area (Å²) in [5.41, 5.74) is 4.03. The Kier molecular flexibility index (Phi) is 3.42.